The van der Waals surface area contributed by atoms with Crippen LogP contribution in [0.3, 0.4) is 0 Å². The molecule has 3 rings (SSSR count). The number of halogens is 1. The maximum Gasteiger partial charge on any atom is 0.263 e. The predicted molar refractivity (Wildman–Crippen MR) is 87.2 cm³/mol. The standard InChI is InChI=1S/C15H15FN2OS2/c16-11-2-1-10-7-13(21-12(10)8-11)15(19)18-5-3-9(4-6-18)14(17)20/h1-2,7-9H,3-6H2,(H2,17,20). The van der Waals surface area contributed by atoms with Crippen LogP contribution in [0, 0.1) is 11.7 Å². The second-order valence-electron chi connectivity index (χ2n) is 5.26. The number of fused-ring (bicyclic) bond motifs is 1. The van der Waals surface area contributed by atoms with Crippen molar-refractivity contribution < 1.29 is 9.18 Å². The number of carbonyl (C=O) groups excluding carboxylic acids is 1. The third kappa shape index (κ3) is 2.91. The van der Waals surface area contributed by atoms with Crippen LogP contribution in [0.25, 0.3) is 10.1 Å². The first-order valence-corrected chi connectivity index (χ1v) is 8.05. The molecule has 1 aromatic heterocycles. The number of hydrogen-bond acceptors (Lipinski definition) is 3. The fraction of sp³-hybridized carbons (Fsp3) is 0.333. The fourth-order valence-corrected chi connectivity index (χ4v) is 3.92. The van der Waals surface area contributed by atoms with Gasteiger partial charge in [0.15, 0.2) is 0 Å². The Labute approximate surface area is 131 Å². The van der Waals surface area contributed by atoms with Crippen LogP contribution < -0.4 is 5.73 Å². The first-order chi connectivity index (χ1) is 10.0. The van der Waals surface area contributed by atoms with Gasteiger partial charge in [-0.1, -0.05) is 18.3 Å². The molecule has 1 aliphatic rings. The molecule has 3 nitrogen and oxygen atoms in total. The highest BCUT2D eigenvalue weighted by molar-refractivity contribution is 7.80. The van der Waals surface area contributed by atoms with E-state index in [0.29, 0.717) is 23.0 Å². The molecule has 0 atom stereocenters. The number of nitrogens with zero attached hydrogens (tertiary/aromatic N) is 1. The lowest BCUT2D eigenvalue weighted by Crippen LogP contribution is -2.41. The maximum absolute atomic E-state index is 13.2. The van der Waals surface area contributed by atoms with Crippen LogP contribution in [0.1, 0.15) is 22.5 Å². The lowest BCUT2D eigenvalue weighted by atomic mass is 9.97. The van der Waals surface area contributed by atoms with E-state index in [4.69, 9.17) is 18.0 Å². The van der Waals surface area contributed by atoms with Gasteiger partial charge in [0.2, 0.25) is 0 Å². The van der Waals surface area contributed by atoms with E-state index in [1.54, 1.807) is 6.07 Å². The first kappa shape index (κ1) is 14.4. The lowest BCUT2D eigenvalue weighted by molar-refractivity contribution is 0.0715. The zero-order valence-electron chi connectivity index (χ0n) is 11.3. The monoisotopic (exact) mass is 322 g/mol. The van der Waals surface area contributed by atoms with E-state index >= 15 is 0 Å². The Bertz CT molecular complexity index is 705. The van der Waals surface area contributed by atoms with Crippen LogP contribution >= 0.6 is 23.6 Å². The van der Waals surface area contributed by atoms with E-state index in [9.17, 15) is 9.18 Å². The molecule has 0 bridgehead atoms. The third-order valence-corrected chi connectivity index (χ3v) is 5.30. The molecular weight excluding hydrogens is 307 g/mol. The summed E-state index contributed by atoms with van der Waals surface area (Å²) in [6.07, 6.45) is 1.64. The molecule has 1 fully saturated rings. The highest BCUT2D eigenvalue weighted by atomic mass is 32.1. The molecule has 1 aliphatic heterocycles. The average Bonchev–Trinajstić information content (AvgIpc) is 2.89. The van der Waals surface area contributed by atoms with Crippen LogP contribution in [0.15, 0.2) is 24.3 Å². The summed E-state index contributed by atoms with van der Waals surface area (Å²) >= 11 is 6.35. The SMILES string of the molecule is NC(=S)C1CCN(C(=O)c2cc3ccc(F)cc3s2)CC1. The summed E-state index contributed by atoms with van der Waals surface area (Å²) in [4.78, 5) is 15.5. The Morgan fingerprint density at radius 2 is 2.05 bits per heavy atom. The minimum atomic E-state index is -0.277. The molecule has 110 valence electrons. The topological polar surface area (TPSA) is 46.3 Å². The van der Waals surface area contributed by atoms with Gasteiger partial charge in [-0.3, -0.25) is 4.79 Å². The Morgan fingerprint density at radius 1 is 1.33 bits per heavy atom. The molecule has 2 heterocycles. The highest BCUT2D eigenvalue weighted by Crippen LogP contribution is 2.28. The van der Waals surface area contributed by atoms with Gasteiger partial charge in [-0.05, 0) is 36.4 Å². The molecule has 2 aromatic rings. The molecular formula is C15H15FN2OS2. The summed E-state index contributed by atoms with van der Waals surface area (Å²) in [5.74, 6) is -0.0285. The molecule has 2 N–H and O–H groups in total. The number of nitrogens with two attached hydrogens (primary N) is 1. The number of likely N-dealkylation sites (tertiary alicyclic amines) is 1. The van der Waals surface area contributed by atoms with E-state index in [1.807, 2.05) is 11.0 Å². The molecule has 1 amide bonds. The van der Waals surface area contributed by atoms with E-state index in [-0.39, 0.29) is 17.6 Å². The van der Waals surface area contributed by atoms with E-state index in [0.717, 1.165) is 22.9 Å². The predicted octanol–water partition coefficient (Wildman–Crippen LogP) is 3.18. The minimum Gasteiger partial charge on any atom is -0.393 e. The smallest absolute Gasteiger partial charge is 0.263 e. The van der Waals surface area contributed by atoms with Gasteiger partial charge in [0, 0.05) is 23.7 Å². The van der Waals surface area contributed by atoms with Gasteiger partial charge in [0.1, 0.15) is 5.82 Å². The van der Waals surface area contributed by atoms with Crippen molar-refractivity contribution >= 4 is 44.5 Å². The van der Waals surface area contributed by atoms with Gasteiger partial charge >= 0.3 is 0 Å². The van der Waals surface area contributed by atoms with Crippen molar-refractivity contribution in [2.24, 2.45) is 11.7 Å². The van der Waals surface area contributed by atoms with Crippen LogP contribution in [-0.2, 0) is 0 Å². The molecule has 0 saturated carbocycles. The number of amides is 1. The number of thiocarbonyl (C=S) groups is 1. The Morgan fingerprint density at radius 3 is 2.71 bits per heavy atom. The summed E-state index contributed by atoms with van der Waals surface area (Å²) in [5, 5.41) is 0.905. The summed E-state index contributed by atoms with van der Waals surface area (Å²) in [6.45, 7) is 1.34. The zero-order valence-corrected chi connectivity index (χ0v) is 13.0. The van der Waals surface area contributed by atoms with Crippen molar-refractivity contribution in [2.45, 2.75) is 12.8 Å². The Hall–Kier alpha value is -1.53. The summed E-state index contributed by atoms with van der Waals surface area (Å²) in [7, 11) is 0. The Balaban J connectivity index is 1.76. The number of rotatable bonds is 2. The van der Waals surface area contributed by atoms with Crippen LogP contribution in [-0.4, -0.2) is 28.9 Å². The van der Waals surface area contributed by atoms with Crippen LogP contribution in [0.2, 0.25) is 0 Å². The number of hydrogen-bond donors (Lipinski definition) is 1. The molecule has 1 saturated heterocycles. The number of thiophene rings is 1. The van der Waals surface area contributed by atoms with Crippen molar-refractivity contribution in [3.63, 3.8) is 0 Å². The molecule has 1 aromatic carbocycles. The van der Waals surface area contributed by atoms with Crippen LogP contribution in [0.4, 0.5) is 4.39 Å². The van der Waals surface area contributed by atoms with Gasteiger partial charge < -0.3 is 10.6 Å². The van der Waals surface area contributed by atoms with E-state index in [1.165, 1.54) is 23.5 Å². The zero-order chi connectivity index (χ0) is 15.0. The summed E-state index contributed by atoms with van der Waals surface area (Å²) in [6, 6.07) is 6.42. The average molecular weight is 322 g/mol. The van der Waals surface area contributed by atoms with Crippen molar-refractivity contribution in [1.29, 1.82) is 0 Å². The number of benzene rings is 1. The van der Waals surface area contributed by atoms with Crippen molar-refractivity contribution in [1.82, 2.24) is 4.90 Å². The minimum absolute atomic E-state index is 0.0120. The molecule has 21 heavy (non-hydrogen) atoms. The number of carbonyl (C=O) groups is 1. The molecule has 6 heteroatoms. The first-order valence-electron chi connectivity index (χ1n) is 6.82. The Kier molecular flexibility index (Phi) is 3.91. The van der Waals surface area contributed by atoms with Gasteiger partial charge in [0.05, 0.1) is 9.87 Å². The molecule has 0 radical (unpaired) electrons. The normalized spacial score (nSPS) is 16.3. The van der Waals surface area contributed by atoms with Crippen molar-refractivity contribution in [3.8, 4) is 0 Å². The third-order valence-electron chi connectivity index (χ3n) is 3.88. The van der Waals surface area contributed by atoms with Crippen molar-refractivity contribution in [2.75, 3.05) is 13.1 Å². The molecule has 0 unspecified atom stereocenters. The quantitative estimate of drug-likeness (QED) is 0.864. The van der Waals surface area contributed by atoms with E-state index in [2.05, 4.69) is 0 Å². The van der Waals surface area contributed by atoms with Gasteiger partial charge in [-0.15, -0.1) is 11.3 Å². The fourth-order valence-electron chi connectivity index (χ4n) is 2.63. The summed E-state index contributed by atoms with van der Waals surface area (Å²) < 4.78 is 14.0. The lowest BCUT2D eigenvalue weighted by Gasteiger charge is -2.31. The van der Waals surface area contributed by atoms with Gasteiger partial charge in [-0.25, -0.2) is 4.39 Å². The van der Waals surface area contributed by atoms with E-state index < -0.39 is 0 Å². The highest BCUT2D eigenvalue weighted by Gasteiger charge is 2.25. The van der Waals surface area contributed by atoms with Gasteiger partial charge in [0.25, 0.3) is 5.91 Å². The summed E-state index contributed by atoms with van der Waals surface area (Å²) in [5.41, 5.74) is 5.66. The molecule has 0 spiro atoms. The number of piperidine rings is 1. The maximum atomic E-state index is 13.2. The van der Waals surface area contributed by atoms with Gasteiger partial charge in [-0.2, -0.15) is 0 Å². The van der Waals surface area contributed by atoms with Crippen LogP contribution in [0.5, 0.6) is 0 Å². The molecule has 0 aliphatic carbocycles. The second-order valence-corrected chi connectivity index (χ2v) is 6.82. The van der Waals surface area contributed by atoms with Crippen molar-refractivity contribution in [3.05, 3.63) is 35.0 Å². The largest absolute Gasteiger partial charge is 0.393 e. The second kappa shape index (κ2) is 5.69.